The van der Waals surface area contributed by atoms with Gasteiger partial charge >= 0.3 is 0 Å². The minimum atomic E-state index is -0.992. The molecule has 7 heteroatoms. The van der Waals surface area contributed by atoms with Gasteiger partial charge in [0.1, 0.15) is 6.33 Å². The fourth-order valence-corrected chi connectivity index (χ4v) is 2.90. The summed E-state index contributed by atoms with van der Waals surface area (Å²) in [4.78, 5) is 11.9. The third kappa shape index (κ3) is 2.09. The fraction of sp³-hybridized carbons (Fsp3) is 0.118. The van der Waals surface area contributed by atoms with Gasteiger partial charge in [-0.15, -0.1) is 10.2 Å². The van der Waals surface area contributed by atoms with Gasteiger partial charge in [0.2, 0.25) is 0 Å². The van der Waals surface area contributed by atoms with Gasteiger partial charge in [0, 0.05) is 19.2 Å². The van der Waals surface area contributed by atoms with Gasteiger partial charge in [0.25, 0.3) is 5.91 Å². The molecule has 0 radical (unpaired) electrons. The van der Waals surface area contributed by atoms with E-state index in [1.54, 1.807) is 19.2 Å². The molecule has 0 saturated heterocycles. The predicted molar refractivity (Wildman–Crippen MR) is 83.0 cm³/mol. The first-order valence-electron chi connectivity index (χ1n) is 7.30. The van der Waals surface area contributed by atoms with Crippen LogP contribution < -0.4 is 5.32 Å². The zero-order chi connectivity index (χ0) is 16.8. The molecule has 120 valence electrons. The highest BCUT2D eigenvalue weighted by molar-refractivity contribution is 6.00. The molecule has 24 heavy (non-hydrogen) atoms. The number of carbonyl (C=O) groups excluding carboxylic acids is 1. The van der Waals surface area contributed by atoms with Crippen molar-refractivity contribution in [2.45, 2.75) is 6.54 Å². The van der Waals surface area contributed by atoms with E-state index < -0.39 is 11.6 Å². The van der Waals surface area contributed by atoms with E-state index in [4.69, 9.17) is 0 Å². The maximum atomic E-state index is 14.5. The number of carbonyl (C=O) groups is 1. The average molecular weight is 326 g/mol. The fourth-order valence-electron chi connectivity index (χ4n) is 2.90. The van der Waals surface area contributed by atoms with E-state index in [1.165, 1.54) is 17.0 Å². The number of hydrogen-bond donors (Lipinski definition) is 1. The van der Waals surface area contributed by atoms with Gasteiger partial charge in [-0.05, 0) is 28.8 Å². The van der Waals surface area contributed by atoms with Crippen molar-refractivity contribution in [2.75, 3.05) is 0 Å². The number of nitrogens with zero attached hydrogens (tertiary/aromatic N) is 3. The van der Waals surface area contributed by atoms with Gasteiger partial charge in [0.15, 0.2) is 17.5 Å². The third-order valence-corrected chi connectivity index (χ3v) is 4.13. The molecule has 1 N–H and O–H groups in total. The van der Waals surface area contributed by atoms with Crippen molar-refractivity contribution >= 4 is 5.91 Å². The summed E-state index contributed by atoms with van der Waals surface area (Å²) in [5.41, 5.74) is 2.51. The number of fused-ring (bicyclic) bond motifs is 1. The van der Waals surface area contributed by atoms with Crippen LogP contribution in [-0.2, 0) is 13.6 Å². The average Bonchev–Trinajstić information content (AvgIpc) is 3.16. The Morgan fingerprint density at radius 1 is 1.17 bits per heavy atom. The number of halogens is 2. The van der Waals surface area contributed by atoms with E-state index in [9.17, 15) is 13.6 Å². The SMILES string of the molecule is Cn1cnnc1-c1c(-c2ccc3c(c2)C(=O)NC3)ccc(F)c1F. The summed E-state index contributed by atoms with van der Waals surface area (Å²) in [5, 5.41) is 10.4. The summed E-state index contributed by atoms with van der Waals surface area (Å²) in [7, 11) is 1.65. The summed E-state index contributed by atoms with van der Waals surface area (Å²) in [6, 6.07) is 7.83. The summed E-state index contributed by atoms with van der Waals surface area (Å²) in [6.45, 7) is 0.475. The second-order valence-electron chi connectivity index (χ2n) is 5.60. The molecule has 2 heterocycles. The van der Waals surface area contributed by atoms with E-state index in [0.29, 0.717) is 23.2 Å². The molecule has 2 aromatic carbocycles. The lowest BCUT2D eigenvalue weighted by Gasteiger charge is -2.12. The lowest BCUT2D eigenvalue weighted by Crippen LogP contribution is -2.12. The number of nitrogens with one attached hydrogen (secondary N) is 1. The van der Waals surface area contributed by atoms with Crippen LogP contribution in [-0.4, -0.2) is 20.7 Å². The van der Waals surface area contributed by atoms with Gasteiger partial charge in [-0.2, -0.15) is 0 Å². The molecule has 1 amide bonds. The number of rotatable bonds is 2. The Labute approximate surface area is 136 Å². The van der Waals surface area contributed by atoms with Gasteiger partial charge in [-0.3, -0.25) is 4.79 Å². The molecule has 0 aliphatic carbocycles. The molecular formula is C17H12F2N4O. The highest BCUT2D eigenvalue weighted by Gasteiger charge is 2.23. The molecule has 1 aliphatic heterocycles. The van der Waals surface area contributed by atoms with Crippen LogP contribution in [0, 0.1) is 11.6 Å². The van der Waals surface area contributed by atoms with Crippen LogP contribution in [0.4, 0.5) is 8.78 Å². The highest BCUT2D eigenvalue weighted by atomic mass is 19.2. The largest absolute Gasteiger partial charge is 0.348 e. The highest BCUT2D eigenvalue weighted by Crippen LogP contribution is 2.35. The van der Waals surface area contributed by atoms with Crippen LogP contribution in [0.5, 0.6) is 0 Å². The molecule has 1 aliphatic rings. The van der Waals surface area contributed by atoms with Crippen LogP contribution in [0.15, 0.2) is 36.7 Å². The first-order chi connectivity index (χ1) is 11.6. The molecule has 0 atom stereocenters. The maximum absolute atomic E-state index is 14.5. The summed E-state index contributed by atoms with van der Waals surface area (Å²) in [5.74, 6) is -1.91. The van der Waals surface area contributed by atoms with Gasteiger partial charge in [-0.25, -0.2) is 8.78 Å². The van der Waals surface area contributed by atoms with E-state index >= 15 is 0 Å². The normalized spacial score (nSPS) is 13.0. The Kier molecular flexibility index (Phi) is 3.16. The number of hydrogen-bond acceptors (Lipinski definition) is 3. The van der Waals surface area contributed by atoms with Crippen molar-refractivity contribution in [3.05, 3.63) is 59.4 Å². The summed E-state index contributed by atoms with van der Waals surface area (Å²) >= 11 is 0. The molecule has 4 rings (SSSR count). The molecule has 0 bridgehead atoms. The molecule has 3 aromatic rings. The molecule has 0 saturated carbocycles. The zero-order valence-corrected chi connectivity index (χ0v) is 12.7. The van der Waals surface area contributed by atoms with Crippen molar-refractivity contribution in [1.29, 1.82) is 0 Å². The van der Waals surface area contributed by atoms with E-state index in [1.807, 2.05) is 6.07 Å². The number of aromatic nitrogens is 3. The third-order valence-electron chi connectivity index (χ3n) is 4.13. The molecule has 1 aromatic heterocycles. The quantitative estimate of drug-likeness (QED) is 0.788. The van der Waals surface area contributed by atoms with Crippen molar-refractivity contribution < 1.29 is 13.6 Å². The van der Waals surface area contributed by atoms with Crippen molar-refractivity contribution in [2.24, 2.45) is 7.05 Å². The number of aryl methyl sites for hydroxylation is 1. The van der Waals surface area contributed by atoms with E-state index in [-0.39, 0.29) is 17.3 Å². The lowest BCUT2D eigenvalue weighted by molar-refractivity contribution is 0.0966. The molecule has 0 fully saturated rings. The molecule has 0 unspecified atom stereocenters. The van der Waals surface area contributed by atoms with Crippen LogP contribution >= 0.6 is 0 Å². The minimum Gasteiger partial charge on any atom is -0.348 e. The number of benzene rings is 2. The van der Waals surface area contributed by atoms with Crippen LogP contribution in [0.3, 0.4) is 0 Å². The Hall–Kier alpha value is -3.09. The topological polar surface area (TPSA) is 59.8 Å². The standard InChI is InChI=1S/C17H12F2N4O/c1-23-8-21-22-16(23)14-11(4-5-13(18)15(14)19)9-2-3-10-7-20-17(24)12(10)6-9/h2-6,8H,7H2,1H3,(H,20,24). The zero-order valence-electron chi connectivity index (χ0n) is 12.7. The Morgan fingerprint density at radius 3 is 2.75 bits per heavy atom. The smallest absolute Gasteiger partial charge is 0.251 e. The second-order valence-corrected chi connectivity index (χ2v) is 5.60. The van der Waals surface area contributed by atoms with Crippen LogP contribution in [0.2, 0.25) is 0 Å². The van der Waals surface area contributed by atoms with Crippen molar-refractivity contribution in [1.82, 2.24) is 20.1 Å². The molecule has 5 nitrogen and oxygen atoms in total. The second kappa shape index (κ2) is 5.23. The lowest BCUT2D eigenvalue weighted by atomic mass is 9.95. The van der Waals surface area contributed by atoms with E-state index in [2.05, 4.69) is 15.5 Å². The monoisotopic (exact) mass is 326 g/mol. The Morgan fingerprint density at radius 2 is 2.00 bits per heavy atom. The first kappa shape index (κ1) is 14.5. The van der Waals surface area contributed by atoms with Crippen molar-refractivity contribution in [3.8, 4) is 22.5 Å². The van der Waals surface area contributed by atoms with Gasteiger partial charge < -0.3 is 9.88 Å². The number of amides is 1. The maximum Gasteiger partial charge on any atom is 0.251 e. The van der Waals surface area contributed by atoms with Crippen LogP contribution in [0.1, 0.15) is 15.9 Å². The van der Waals surface area contributed by atoms with Gasteiger partial charge in [0.05, 0.1) is 5.56 Å². The summed E-state index contributed by atoms with van der Waals surface area (Å²) < 4.78 is 29.8. The van der Waals surface area contributed by atoms with Crippen LogP contribution in [0.25, 0.3) is 22.5 Å². The first-order valence-corrected chi connectivity index (χ1v) is 7.30. The van der Waals surface area contributed by atoms with E-state index in [0.717, 1.165) is 11.6 Å². The summed E-state index contributed by atoms with van der Waals surface area (Å²) in [6.07, 6.45) is 1.42. The van der Waals surface area contributed by atoms with Gasteiger partial charge in [-0.1, -0.05) is 18.2 Å². The minimum absolute atomic E-state index is 0.0216. The predicted octanol–water partition coefficient (Wildman–Crippen LogP) is 2.67. The van der Waals surface area contributed by atoms with Crippen molar-refractivity contribution in [3.63, 3.8) is 0 Å². The Balaban J connectivity index is 1.97. The molecule has 0 spiro atoms. The molecular weight excluding hydrogens is 314 g/mol. The Bertz CT molecular complexity index is 981.